The van der Waals surface area contributed by atoms with E-state index < -0.39 is 24.2 Å². The Morgan fingerprint density at radius 1 is 1.06 bits per heavy atom. The molecular weight excluding hydrogens is 448 g/mol. The first-order chi connectivity index (χ1) is 16.8. The summed E-state index contributed by atoms with van der Waals surface area (Å²) in [5.74, 6) is -0.866. The summed E-state index contributed by atoms with van der Waals surface area (Å²) in [6.45, 7) is 2.03. The van der Waals surface area contributed by atoms with Gasteiger partial charge in [-0.15, -0.1) is 0 Å². The number of nitrogens with two attached hydrogens (primary N) is 1. The number of carbonyl (C=O) groups is 4. The highest BCUT2D eigenvalue weighted by atomic mass is 16.2. The van der Waals surface area contributed by atoms with Gasteiger partial charge in [0.15, 0.2) is 0 Å². The summed E-state index contributed by atoms with van der Waals surface area (Å²) in [7, 11) is 1.65. The Bertz CT molecular complexity index is 984. The molecule has 0 spiro atoms. The number of urea groups is 1. The van der Waals surface area contributed by atoms with Crippen LogP contribution in [0.2, 0.25) is 0 Å². The van der Waals surface area contributed by atoms with Crippen LogP contribution < -0.4 is 21.7 Å². The van der Waals surface area contributed by atoms with E-state index in [1.807, 2.05) is 12.1 Å². The van der Waals surface area contributed by atoms with Crippen molar-refractivity contribution in [3.05, 3.63) is 35.4 Å². The SMILES string of the molecule is CN[C@@H](C)C(=O)N[C@H]1CN(C(N)=O)CC[C@H]2CCC(C(=O)N[C@@H]3CCCc4ccccc43)N2C1=O. The molecule has 2 saturated heterocycles. The van der Waals surface area contributed by atoms with Crippen LogP contribution in [0.1, 0.15) is 56.2 Å². The van der Waals surface area contributed by atoms with Crippen LogP contribution in [0.15, 0.2) is 24.3 Å². The molecule has 10 heteroatoms. The van der Waals surface area contributed by atoms with Gasteiger partial charge in [-0.05, 0) is 63.6 Å². The summed E-state index contributed by atoms with van der Waals surface area (Å²) < 4.78 is 0. The molecule has 2 aliphatic heterocycles. The molecule has 4 rings (SSSR count). The van der Waals surface area contributed by atoms with Crippen LogP contribution in [0, 0.1) is 0 Å². The molecule has 3 aliphatic rings. The van der Waals surface area contributed by atoms with Gasteiger partial charge < -0.3 is 31.5 Å². The highest BCUT2D eigenvalue weighted by Crippen LogP contribution is 2.32. The summed E-state index contributed by atoms with van der Waals surface area (Å²) >= 11 is 0. The van der Waals surface area contributed by atoms with E-state index in [2.05, 4.69) is 28.1 Å². The van der Waals surface area contributed by atoms with Crippen LogP contribution in [0.25, 0.3) is 0 Å². The second kappa shape index (κ2) is 10.6. The first-order valence-electron chi connectivity index (χ1n) is 12.5. The molecule has 190 valence electrons. The number of amides is 5. The normalized spacial score (nSPS) is 27.2. The van der Waals surface area contributed by atoms with Crippen LogP contribution >= 0.6 is 0 Å². The van der Waals surface area contributed by atoms with Gasteiger partial charge in [-0.25, -0.2) is 4.79 Å². The number of nitrogens with zero attached hydrogens (tertiary/aromatic N) is 2. The lowest BCUT2D eigenvalue weighted by Gasteiger charge is -2.39. The van der Waals surface area contributed by atoms with Gasteiger partial charge in [-0.1, -0.05) is 24.3 Å². The second-order valence-electron chi connectivity index (χ2n) is 9.79. The maximum Gasteiger partial charge on any atom is 0.314 e. The van der Waals surface area contributed by atoms with Crippen molar-refractivity contribution in [2.75, 3.05) is 20.1 Å². The molecule has 2 fully saturated rings. The van der Waals surface area contributed by atoms with E-state index in [-0.39, 0.29) is 36.3 Å². The van der Waals surface area contributed by atoms with E-state index in [1.54, 1.807) is 18.9 Å². The van der Waals surface area contributed by atoms with Crippen LogP contribution in [0.3, 0.4) is 0 Å². The number of hydrogen-bond acceptors (Lipinski definition) is 5. The lowest BCUT2D eigenvalue weighted by Crippen LogP contribution is -2.62. The highest BCUT2D eigenvalue weighted by Gasteiger charge is 2.45. The first-order valence-corrected chi connectivity index (χ1v) is 12.5. The van der Waals surface area contributed by atoms with E-state index in [4.69, 9.17) is 5.73 Å². The molecule has 0 aromatic heterocycles. The van der Waals surface area contributed by atoms with E-state index >= 15 is 0 Å². The van der Waals surface area contributed by atoms with Crippen molar-refractivity contribution in [3.8, 4) is 0 Å². The Morgan fingerprint density at radius 2 is 1.83 bits per heavy atom. The lowest BCUT2D eigenvalue weighted by atomic mass is 9.87. The zero-order chi connectivity index (χ0) is 25.1. The summed E-state index contributed by atoms with van der Waals surface area (Å²) in [5.41, 5.74) is 7.94. The minimum Gasteiger partial charge on any atom is -0.351 e. The molecular formula is C25H36N6O4. The number of benzene rings is 1. The van der Waals surface area contributed by atoms with Crippen molar-refractivity contribution < 1.29 is 19.2 Å². The molecule has 5 amide bonds. The molecule has 0 saturated carbocycles. The zero-order valence-corrected chi connectivity index (χ0v) is 20.5. The van der Waals surface area contributed by atoms with E-state index in [0.29, 0.717) is 25.8 Å². The standard InChI is InChI=1S/C25H36N6O4/c1-15(27-2)22(32)29-20-14-30(25(26)35)13-12-17-10-11-21(31(17)24(20)34)23(33)28-19-9-5-7-16-6-3-4-8-18(16)19/h3-4,6,8,15,17,19-21,27H,5,7,9-14H2,1-2H3,(H2,26,35)(H,28,33)(H,29,32)/t15-,17+,19+,20-,21?/m0/s1. The van der Waals surface area contributed by atoms with Gasteiger partial charge >= 0.3 is 6.03 Å². The van der Waals surface area contributed by atoms with Crippen LogP contribution in [0.5, 0.6) is 0 Å². The Morgan fingerprint density at radius 3 is 2.57 bits per heavy atom. The van der Waals surface area contributed by atoms with Crippen molar-refractivity contribution in [2.45, 2.75) is 75.7 Å². The maximum absolute atomic E-state index is 13.7. The number of rotatable bonds is 5. The minimum absolute atomic E-state index is 0.0239. The van der Waals surface area contributed by atoms with Crippen molar-refractivity contribution >= 4 is 23.8 Å². The Hall–Kier alpha value is -3.14. The van der Waals surface area contributed by atoms with Crippen molar-refractivity contribution in [1.29, 1.82) is 0 Å². The third-order valence-corrected chi connectivity index (χ3v) is 7.63. The van der Waals surface area contributed by atoms with Gasteiger partial charge in [0.1, 0.15) is 12.1 Å². The number of nitrogens with one attached hydrogen (secondary N) is 3. The summed E-state index contributed by atoms with van der Waals surface area (Å²) in [4.78, 5) is 54.8. The van der Waals surface area contributed by atoms with Crippen LogP contribution in [-0.4, -0.2) is 77.9 Å². The topological polar surface area (TPSA) is 137 Å². The molecule has 5 N–H and O–H groups in total. The fraction of sp³-hybridized carbons (Fsp3) is 0.600. The third kappa shape index (κ3) is 5.27. The van der Waals surface area contributed by atoms with E-state index in [0.717, 1.165) is 24.8 Å². The number of likely N-dealkylation sites (N-methyl/N-ethyl adjacent to an activating group) is 1. The molecule has 1 aromatic rings. The number of aryl methyl sites for hydroxylation is 1. The van der Waals surface area contributed by atoms with E-state index in [9.17, 15) is 19.2 Å². The first kappa shape index (κ1) is 25.0. The average Bonchev–Trinajstić information content (AvgIpc) is 3.27. The smallest absolute Gasteiger partial charge is 0.314 e. The Kier molecular flexibility index (Phi) is 7.59. The predicted octanol–water partition coefficient (Wildman–Crippen LogP) is 0.417. The molecule has 5 atom stereocenters. The van der Waals surface area contributed by atoms with Crippen molar-refractivity contribution in [3.63, 3.8) is 0 Å². The van der Waals surface area contributed by atoms with Gasteiger partial charge in [0.2, 0.25) is 17.7 Å². The number of hydrogen-bond donors (Lipinski definition) is 4. The minimum atomic E-state index is -0.975. The molecule has 1 aliphatic carbocycles. The lowest BCUT2D eigenvalue weighted by molar-refractivity contribution is -0.145. The molecule has 1 unspecified atom stereocenters. The fourth-order valence-corrected chi connectivity index (χ4v) is 5.54. The van der Waals surface area contributed by atoms with Crippen LogP contribution in [-0.2, 0) is 20.8 Å². The summed E-state index contributed by atoms with van der Waals surface area (Å²) in [5, 5.41) is 8.82. The molecule has 1 aromatic carbocycles. The molecule has 10 nitrogen and oxygen atoms in total. The summed E-state index contributed by atoms with van der Waals surface area (Å²) in [6.07, 6.45) is 4.60. The van der Waals surface area contributed by atoms with Gasteiger partial charge in [-0.2, -0.15) is 0 Å². The molecule has 0 radical (unpaired) electrons. The Labute approximate surface area is 206 Å². The van der Waals surface area contributed by atoms with Gasteiger partial charge in [0, 0.05) is 12.6 Å². The summed E-state index contributed by atoms with van der Waals surface area (Å²) in [6, 6.07) is 5.17. The number of fused-ring (bicyclic) bond motifs is 2. The van der Waals surface area contributed by atoms with Crippen molar-refractivity contribution in [2.24, 2.45) is 5.73 Å². The Balaban J connectivity index is 1.54. The van der Waals surface area contributed by atoms with Crippen molar-refractivity contribution in [1.82, 2.24) is 25.8 Å². The van der Waals surface area contributed by atoms with Gasteiger partial charge in [-0.3, -0.25) is 14.4 Å². The maximum atomic E-state index is 13.7. The zero-order valence-electron chi connectivity index (χ0n) is 20.5. The molecule has 0 bridgehead atoms. The van der Waals surface area contributed by atoms with E-state index in [1.165, 1.54) is 10.5 Å². The molecule has 35 heavy (non-hydrogen) atoms. The van der Waals surface area contributed by atoms with Gasteiger partial charge in [0.05, 0.1) is 18.6 Å². The molecule has 2 heterocycles. The average molecular weight is 485 g/mol. The highest BCUT2D eigenvalue weighted by molar-refractivity contribution is 5.94. The number of primary amides is 1. The van der Waals surface area contributed by atoms with Crippen LogP contribution in [0.4, 0.5) is 4.79 Å². The fourth-order valence-electron chi connectivity index (χ4n) is 5.54. The third-order valence-electron chi connectivity index (χ3n) is 7.63. The second-order valence-corrected chi connectivity index (χ2v) is 9.79. The van der Waals surface area contributed by atoms with Gasteiger partial charge in [0.25, 0.3) is 0 Å². The quantitative estimate of drug-likeness (QED) is 0.480. The largest absolute Gasteiger partial charge is 0.351 e. The predicted molar refractivity (Wildman–Crippen MR) is 130 cm³/mol. The number of carbonyl (C=O) groups excluding carboxylic acids is 4. The monoisotopic (exact) mass is 484 g/mol.